The maximum absolute atomic E-state index is 11.1. The Kier molecular flexibility index (Phi) is 5.65. The van der Waals surface area contributed by atoms with E-state index in [9.17, 15) is 4.79 Å². The van der Waals surface area contributed by atoms with Gasteiger partial charge in [0, 0.05) is 10.6 Å². The van der Waals surface area contributed by atoms with Gasteiger partial charge in [-0.05, 0) is 24.6 Å². The molecule has 0 bridgehead atoms. The number of carboxylic acid groups (broad SMARTS) is 1. The van der Waals surface area contributed by atoms with E-state index in [1.54, 1.807) is 18.2 Å². The molecule has 17 heavy (non-hydrogen) atoms. The SMILES string of the molecule is CCCCC(Sc1cc(N)ccc1Cl)C(=O)O. The number of halogens is 1. The van der Waals surface area contributed by atoms with E-state index in [4.69, 9.17) is 22.4 Å². The zero-order valence-corrected chi connectivity index (χ0v) is 11.2. The normalized spacial score (nSPS) is 12.4. The van der Waals surface area contributed by atoms with E-state index in [0.717, 1.165) is 17.7 Å². The second-order valence-corrected chi connectivity index (χ2v) is 5.43. The van der Waals surface area contributed by atoms with E-state index >= 15 is 0 Å². The highest BCUT2D eigenvalue weighted by Crippen LogP contribution is 2.33. The molecule has 3 N–H and O–H groups in total. The molecule has 0 aromatic heterocycles. The molecule has 0 heterocycles. The van der Waals surface area contributed by atoms with Crippen molar-refractivity contribution in [2.45, 2.75) is 36.3 Å². The molecule has 0 radical (unpaired) electrons. The summed E-state index contributed by atoms with van der Waals surface area (Å²) in [6.45, 7) is 2.04. The van der Waals surface area contributed by atoms with E-state index in [2.05, 4.69) is 0 Å². The van der Waals surface area contributed by atoms with Crippen LogP contribution in [-0.2, 0) is 4.79 Å². The minimum Gasteiger partial charge on any atom is -0.480 e. The lowest BCUT2D eigenvalue weighted by Crippen LogP contribution is -2.16. The Hall–Kier alpha value is -0.870. The van der Waals surface area contributed by atoms with Gasteiger partial charge in [-0.2, -0.15) is 0 Å². The van der Waals surface area contributed by atoms with Crippen LogP contribution in [0.3, 0.4) is 0 Å². The zero-order valence-electron chi connectivity index (χ0n) is 9.65. The molecule has 0 aliphatic heterocycles. The lowest BCUT2D eigenvalue weighted by atomic mass is 10.2. The van der Waals surface area contributed by atoms with Gasteiger partial charge in [-0.25, -0.2) is 0 Å². The summed E-state index contributed by atoms with van der Waals surface area (Å²) in [4.78, 5) is 11.8. The molecule has 0 aliphatic rings. The van der Waals surface area contributed by atoms with Crippen molar-refractivity contribution in [1.29, 1.82) is 0 Å². The van der Waals surface area contributed by atoms with Gasteiger partial charge < -0.3 is 10.8 Å². The molecule has 1 atom stereocenters. The number of aliphatic carboxylic acids is 1. The minimum absolute atomic E-state index is 0.464. The molecule has 0 spiro atoms. The number of carbonyl (C=O) groups is 1. The number of carboxylic acids is 1. The number of thioether (sulfide) groups is 1. The van der Waals surface area contributed by atoms with Gasteiger partial charge in [0.25, 0.3) is 0 Å². The van der Waals surface area contributed by atoms with Gasteiger partial charge in [0.05, 0.1) is 5.02 Å². The Morgan fingerprint density at radius 2 is 2.29 bits per heavy atom. The van der Waals surface area contributed by atoms with Crippen molar-refractivity contribution < 1.29 is 9.90 Å². The minimum atomic E-state index is -0.804. The molecule has 0 aliphatic carbocycles. The van der Waals surface area contributed by atoms with Crippen LogP contribution in [0.1, 0.15) is 26.2 Å². The van der Waals surface area contributed by atoms with Crippen molar-refractivity contribution in [2.24, 2.45) is 0 Å². The van der Waals surface area contributed by atoms with Crippen LogP contribution in [-0.4, -0.2) is 16.3 Å². The molecule has 0 amide bonds. The first-order chi connectivity index (χ1) is 8.04. The molecule has 1 unspecified atom stereocenters. The summed E-state index contributed by atoms with van der Waals surface area (Å²) in [6, 6.07) is 5.11. The second kappa shape index (κ2) is 6.77. The average molecular weight is 274 g/mol. The predicted octanol–water partition coefficient (Wildman–Crippen LogP) is 3.66. The smallest absolute Gasteiger partial charge is 0.316 e. The van der Waals surface area contributed by atoms with Crippen molar-refractivity contribution >= 4 is 35.0 Å². The highest BCUT2D eigenvalue weighted by atomic mass is 35.5. The van der Waals surface area contributed by atoms with Gasteiger partial charge in [0.1, 0.15) is 5.25 Å². The standard InChI is InChI=1S/C12H16ClNO2S/c1-2-3-4-10(12(15)16)17-11-7-8(14)5-6-9(11)13/h5-7,10H,2-4,14H2,1H3,(H,15,16). The van der Waals surface area contributed by atoms with Crippen LogP contribution in [0.15, 0.2) is 23.1 Å². The summed E-state index contributed by atoms with van der Waals surface area (Å²) in [5, 5.41) is 9.21. The third-order valence-corrected chi connectivity index (χ3v) is 4.07. The Morgan fingerprint density at radius 1 is 1.59 bits per heavy atom. The molecule has 0 fully saturated rings. The maximum Gasteiger partial charge on any atom is 0.316 e. The van der Waals surface area contributed by atoms with Crippen molar-refractivity contribution in [3.05, 3.63) is 23.2 Å². The van der Waals surface area contributed by atoms with Gasteiger partial charge in [-0.3, -0.25) is 4.79 Å². The molecule has 0 saturated heterocycles. The molecule has 1 rings (SSSR count). The number of unbranched alkanes of at least 4 members (excludes halogenated alkanes) is 1. The highest BCUT2D eigenvalue weighted by molar-refractivity contribution is 8.00. The highest BCUT2D eigenvalue weighted by Gasteiger charge is 2.19. The monoisotopic (exact) mass is 273 g/mol. The van der Waals surface area contributed by atoms with Gasteiger partial charge in [0.2, 0.25) is 0 Å². The summed E-state index contributed by atoms with van der Waals surface area (Å²) in [5.41, 5.74) is 6.25. The summed E-state index contributed by atoms with van der Waals surface area (Å²) in [5.74, 6) is -0.804. The lowest BCUT2D eigenvalue weighted by Gasteiger charge is -2.12. The summed E-state index contributed by atoms with van der Waals surface area (Å²) in [7, 11) is 0. The Labute approximate surface area is 110 Å². The summed E-state index contributed by atoms with van der Waals surface area (Å²) >= 11 is 7.28. The zero-order chi connectivity index (χ0) is 12.8. The summed E-state index contributed by atoms with van der Waals surface area (Å²) < 4.78 is 0. The van der Waals surface area contributed by atoms with Gasteiger partial charge >= 0.3 is 5.97 Å². The van der Waals surface area contributed by atoms with E-state index in [0.29, 0.717) is 17.1 Å². The molecular formula is C12H16ClNO2S. The number of hydrogen-bond donors (Lipinski definition) is 2. The van der Waals surface area contributed by atoms with Crippen LogP contribution in [0, 0.1) is 0 Å². The third-order valence-electron chi connectivity index (χ3n) is 2.32. The van der Waals surface area contributed by atoms with E-state index < -0.39 is 11.2 Å². The number of nitrogen functional groups attached to an aromatic ring is 1. The quantitative estimate of drug-likeness (QED) is 0.613. The first-order valence-corrected chi connectivity index (χ1v) is 6.74. The van der Waals surface area contributed by atoms with Crippen LogP contribution in [0.25, 0.3) is 0 Å². The average Bonchev–Trinajstić information content (AvgIpc) is 2.28. The van der Waals surface area contributed by atoms with Gasteiger partial charge in [-0.1, -0.05) is 31.4 Å². The molecule has 1 aromatic rings. The fourth-order valence-electron chi connectivity index (χ4n) is 1.39. The van der Waals surface area contributed by atoms with Gasteiger partial charge in [-0.15, -0.1) is 11.8 Å². The lowest BCUT2D eigenvalue weighted by molar-refractivity contribution is -0.136. The van der Waals surface area contributed by atoms with Crippen LogP contribution in [0.2, 0.25) is 5.02 Å². The molecule has 0 saturated carbocycles. The van der Waals surface area contributed by atoms with Crippen molar-refractivity contribution in [3.8, 4) is 0 Å². The first-order valence-electron chi connectivity index (χ1n) is 5.49. The van der Waals surface area contributed by atoms with Crippen LogP contribution in [0.4, 0.5) is 5.69 Å². The van der Waals surface area contributed by atoms with Crippen LogP contribution < -0.4 is 5.73 Å². The van der Waals surface area contributed by atoms with Crippen molar-refractivity contribution in [3.63, 3.8) is 0 Å². The van der Waals surface area contributed by atoms with Crippen LogP contribution in [0.5, 0.6) is 0 Å². The molecule has 1 aromatic carbocycles. The number of rotatable bonds is 6. The number of benzene rings is 1. The van der Waals surface area contributed by atoms with Crippen LogP contribution >= 0.6 is 23.4 Å². The Morgan fingerprint density at radius 3 is 2.88 bits per heavy atom. The molecule has 94 valence electrons. The Balaban J connectivity index is 2.78. The Bertz CT molecular complexity index is 398. The van der Waals surface area contributed by atoms with E-state index in [1.807, 2.05) is 6.92 Å². The number of nitrogens with two attached hydrogens (primary N) is 1. The maximum atomic E-state index is 11.1. The van der Waals surface area contributed by atoms with Crippen molar-refractivity contribution in [1.82, 2.24) is 0 Å². The molecule has 3 nitrogen and oxygen atoms in total. The fraction of sp³-hybridized carbons (Fsp3) is 0.417. The van der Waals surface area contributed by atoms with E-state index in [1.165, 1.54) is 11.8 Å². The molecule has 5 heteroatoms. The topological polar surface area (TPSA) is 63.3 Å². The number of anilines is 1. The largest absolute Gasteiger partial charge is 0.480 e. The predicted molar refractivity (Wildman–Crippen MR) is 72.7 cm³/mol. The van der Waals surface area contributed by atoms with Crippen molar-refractivity contribution in [2.75, 3.05) is 5.73 Å². The molecular weight excluding hydrogens is 258 g/mol. The summed E-state index contributed by atoms with van der Waals surface area (Å²) in [6.07, 6.45) is 2.51. The second-order valence-electron chi connectivity index (χ2n) is 3.78. The fourth-order valence-corrected chi connectivity index (χ4v) is 2.71. The van der Waals surface area contributed by atoms with E-state index in [-0.39, 0.29) is 0 Å². The first kappa shape index (κ1) is 14.2. The van der Waals surface area contributed by atoms with Gasteiger partial charge in [0.15, 0.2) is 0 Å². The number of hydrogen-bond acceptors (Lipinski definition) is 3. The third kappa shape index (κ3) is 4.48.